The smallest absolute Gasteiger partial charge is 0.238 e. The first-order valence-corrected chi connectivity index (χ1v) is 6.29. The van der Waals surface area contributed by atoms with Gasteiger partial charge in [0, 0.05) is 19.4 Å². The van der Waals surface area contributed by atoms with Crippen LogP contribution in [0.2, 0.25) is 0 Å². The number of benzene rings is 1. The zero-order chi connectivity index (χ0) is 13.8. The molecule has 1 aromatic rings. The quantitative estimate of drug-likeness (QED) is 0.760. The van der Waals surface area contributed by atoms with Gasteiger partial charge in [-0.25, -0.2) is 0 Å². The molecule has 100 valence electrons. The number of piperidine rings is 1. The van der Waals surface area contributed by atoms with Crippen molar-refractivity contribution in [2.24, 2.45) is 11.7 Å². The number of likely N-dealkylation sites (tertiary alicyclic amines) is 1. The topological polar surface area (TPSA) is 72.6 Å². The first-order valence-electron chi connectivity index (χ1n) is 6.29. The molecular formula is C14H16N2O3. The Hall–Kier alpha value is -2.04. The molecule has 0 radical (unpaired) electrons. The summed E-state index contributed by atoms with van der Waals surface area (Å²) >= 11 is 0. The van der Waals surface area contributed by atoms with Crippen LogP contribution in [0.3, 0.4) is 0 Å². The van der Waals surface area contributed by atoms with Crippen molar-refractivity contribution in [3.8, 4) is 5.75 Å². The third-order valence-corrected chi connectivity index (χ3v) is 4.26. The van der Waals surface area contributed by atoms with Gasteiger partial charge in [0.15, 0.2) is 5.72 Å². The van der Waals surface area contributed by atoms with Gasteiger partial charge in [-0.2, -0.15) is 0 Å². The molecule has 1 aromatic carbocycles. The zero-order valence-corrected chi connectivity index (χ0v) is 10.9. The Morgan fingerprint density at radius 3 is 2.84 bits per heavy atom. The van der Waals surface area contributed by atoms with Gasteiger partial charge in [0.1, 0.15) is 11.7 Å². The van der Waals surface area contributed by atoms with Crippen molar-refractivity contribution >= 4 is 11.8 Å². The van der Waals surface area contributed by atoms with Crippen molar-refractivity contribution in [1.29, 1.82) is 0 Å². The number of nitrogens with two attached hydrogens (primary N) is 1. The molecule has 2 N–H and O–H groups in total. The minimum absolute atomic E-state index is 0.198. The molecule has 0 aliphatic carbocycles. The van der Waals surface area contributed by atoms with Crippen LogP contribution in [0.1, 0.15) is 24.8 Å². The van der Waals surface area contributed by atoms with Gasteiger partial charge in [-0.05, 0) is 18.6 Å². The van der Waals surface area contributed by atoms with Gasteiger partial charge in [-0.3, -0.25) is 9.59 Å². The fourth-order valence-electron chi connectivity index (χ4n) is 3.11. The second kappa shape index (κ2) is 3.73. The summed E-state index contributed by atoms with van der Waals surface area (Å²) in [6.07, 6.45) is 0.583. The summed E-state index contributed by atoms with van der Waals surface area (Å²) in [5, 5.41) is 0. The number of hydrogen-bond acceptors (Lipinski definition) is 3. The summed E-state index contributed by atoms with van der Waals surface area (Å²) < 4.78 is 5.95. The van der Waals surface area contributed by atoms with E-state index in [9.17, 15) is 9.59 Å². The predicted molar refractivity (Wildman–Crippen MR) is 68.3 cm³/mol. The molecule has 2 heterocycles. The summed E-state index contributed by atoms with van der Waals surface area (Å²) in [7, 11) is 1.66. The second-order valence-electron chi connectivity index (χ2n) is 5.40. The van der Waals surface area contributed by atoms with Gasteiger partial charge in [-0.15, -0.1) is 0 Å². The fourth-order valence-corrected chi connectivity index (χ4v) is 3.11. The van der Waals surface area contributed by atoms with Crippen LogP contribution in [0.15, 0.2) is 24.3 Å². The zero-order valence-electron chi connectivity index (χ0n) is 10.9. The maximum Gasteiger partial charge on any atom is 0.238 e. The van der Waals surface area contributed by atoms with E-state index in [0.29, 0.717) is 6.42 Å². The van der Waals surface area contributed by atoms with Crippen molar-refractivity contribution in [2.45, 2.75) is 25.0 Å². The Balaban J connectivity index is 2.17. The molecule has 2 amide bonds. The Morgan fingerprint density at radius 2 is 2.16 bits per heavy atom. The van der Waals surface area contributed by atoms with Gasteiger partial charge in [-0.1, -0.05) is 18.2 Å². The number of ether oxygens (including phenoxy) is 1. The van der Waals surface area contributed by atoms with Gasteiger partial charge in [0.25, 0.3) is 0 Å². The minimum atomic E-state index is -0.803. The van der Waals surface area contributed by atoms with Gasteiger partial charge in [0.05, 0.1) is 0 Å². The highest BCUT2D eigenvalue weighted by Gasteiger charge is 2.54. The summed E-state index contributed by atoms with van der Waals surface area (Å²) in [4.78, 5) is 25.5. The van der Waals surface area contributed by atoms with Crippen molar-refractivity contribution in [3.63, 3.8) is 0 Å². The van der Waals surface area contributed by atoms with Crippen molar-refractivity contribution in [2.75, 3.05) is 7.05 Å². The van der Waals surface area contributed by atoms with E-state index in [1.54, 1.807) is 7.05 Å². The molecule has 3 atom stereocenters. The molecule has 3 rings (SSSR count). The lowest BCUT2D eigenvalue weighted by Crippen LogP contribution is -2.63. The average molecular weight is 260 g/mol. The monoisotopic (exact) mass is 260 g/mol. The second-order valence-corrected chi connectivity index (χ2v) is 5.40. The lowest BCUT2D eigenvalue weighted by atomic mass is 9.73. The fraction of sp³-hybridized carbons (Fsp3) is 0.429. The number of primary amides is 1. The maximum absolute atomic E-state index is 12.3. The summed E-state index contributed by atoms with van der Waals surface area (Å²) in [5.41, 5.74) is 5.62. The van der Waals surface area contributed by atoms with E-state index in [1.165, 1.54) is 4.90 Å². The largest absolute Gasteiger partial charge is 0.468 e. The van der Waals surface area contributed by atoms with Crippen LogP contribution in [0.5, 0.6) is 5.75 Å². The van der Waals surface area contributed by atoms with Crippen LogP contribution >= 0.6 is 0 Å². The Bertz CT molecular complexity index is 572. The molecule has 3 unspecified atom stereocenters. The molecule has 1 saturated heterocycles. The third-order valence-electron chi connectivity index (χ3n) is 4.26. The first kappa shape index (κ1) is 12.0. The summed E-state index contributed by atoms with van der Waals surface area (Å²) in [6, 6.07) is 7.52. The number of fused-ring (bicyclic) bond motifs is 4. The molecule has 0 saturated carbocycles. The lowest BCUT2D eigenvalue weighted by molar-refractivity contribution is -0.170. The third kappa shape index (κ3) is 1.54. The normalized spacial score (nSPS) is 32.5. The number of rotatable bonds is 1. The van der Waals surface area contributed by atoms with Gasteiger partial charge in [0.2, 0.25) is 11.8 Å². The van der Waals surface area contributed by atoms with Crippen LogP contribution < -0.4 is 10.5 Å². The number of carbonyl (C=O) groups is 2. The molecule has 2 bridgehead atoms. The SMILES string of the molecule is CN1C(=O)C(C(N)=O)C2CC1(C)Oc1ccccc12. The highest BCUT2D eigenvalue weighted by Crippen LogP contribution is 2.49. The number of nitrogens with zero attached hydrogens (tertiary/aromatic N) is 1. The van der Waals surface area contributed by atoms with Crippen LogP contribution in [0.25, 0.3) is 0 Å². The minimum Gasteiger partial charge on any atom is -0.468 e. The van der Waals surface area contributed by atoms with Crippen LogP contribution in [0, 0.1) is 5.92 Å². The molecule has 0 aromatic heterocycles. The summed E-state index contributed by atoms with van der Waals surface area (Å²) in [5.74, 6) is -1.10. The van der Waals surface area contributed by atoms with E-state index in [1.807, 2.05) is 31.2 Å². The number of hydrogen-bond donors (Lipinski definition) is 1. The average Bonchev–Trinajstić information content (AvgIpc) is 2.36. The molecular weight excluding hydrogens is 244 g/mol. The van der Waals surface area contributed by atoms with Crippen molar-refractivity contribution in [1.82, 2.24) is 4.90 Å². The first-order chi connectivity index (χ1) is 8.94. The van der Waals surface area contributed by atoms with E-state index in [0.717, 1.165) is 11.3 Å². The maximum atomic E-state index is 12.3. The number of para-hydroxylation sites is 1. The Kier molecular flexibility index (Phi) is 2.36. The highest BCUT2D eigenvalue weighted by atomic mass is 16.5. The van der Waals surface area contributed by atoms with E-state index >= 15 is 0 Å². The standard InChI is InChI=1S/C14H16N2O3/c1-14-7-9(8-5-3-4-6-10(8)19-14)11(12(15)17)13(18)16(14)2/h3-6,9,11H,7H2,1-2H3,(H2,15,17). The van der Waals surface area contributed by atoms with Gasteiger partial charge < -0.3 is 15.4 Å². The molecule has 1 fully saturated rings. The number of amides is 2. The van der Waals surface area contributed by atoms with Crippen LogP contribution in [-0.2, 0) is 9.59 Å². The molecule has 5 nitrogen and oxygen atoms in total. The van der Waals surface area contributed by atoms with E-state index in [-0.39, 0.29) is 11.8 Å². The Morgan fingerprint density at radius 1 is 1.47 bits per heavy atom. The van der Waals surface area contributed by atoms with E-state index in [4.69, 9.17) is 10.5 Å². The Labute approximate surface area is 111 Å². The van der Waals surface area contributed by atoms with E-state index < -0.39 is 17.6 Å². The number of carbonyl (C=O) groups excluding carboxylic acids is 2. The highest BCUT2D eigenvalue weighted by molar-refractivity contribution is 6.01. The molecule has 0 spiro atoms. The summed E-state index contributed by atoms with van der Waals surface area (Å²) in [6.45, 7) is 1.87. The van der Waals surface area contributed by atoms with Crippen molar-refractivity contribution < 1.29 is 14.3 Å². The van der Waals surface area contributed by atoms with E-state index in [2.05, 4.69) is 0 Å². The van der Waals surface area contributed by atoms with Gasteiger partial charge >= 0.3 is 0 Å². The molecule has 5 heteroatoms. The van der Waals surface area contributed by atoms with Crippen LogP contribution in [-0.4, -0.2) is 29.5 Å². The van der Waals surface area contributed by atoms with Crippen LogP contribution in [0.4, 0.5) is 0 Å². The molecule has 2 aliphatic rings. The molecule has 2 aliphatic heterocycles. The lowest BCUT2D eigenvalue weighted by Gasteiger charge is -2.51. The molecule has 19 heavy (non-hydrogen) atoms. The predicted octanol–water partition coefficient (Wildman–Crippen LogP) is 0.842. The van der Waals surface area contributed by atoms with Crippen molar-refractivity contribution in [3.05, 3.63) is 29.8 Å².